The Morgan fingerprint density at radius 2 is 1.94 bits per heavy atom. The van der Waals surface area contributed by atoms with Gasteiger partial charge < -0.3 is 20.3 Å². The number of anilines is 2. The summed E-state index contributed by atoms with van der Waals surface area (Å²) in [5, 5.41) is 5.55. The molecular weight excluding hydrogens is 476 g/mol. The Labute approximate surface area is 206 Å². The first kappa shape index (κ1) is 25.4. The van der Waals surface area contributed by atoms with E-state index in [0.29, 0.717) is 0 Å². The average Bonchev–Trinajstić information content (AvgIpc) is 3.26. The van der Waals surface area contributed by atoms with Crippen molar-refractivity contribution in [2.45, 2.75) is 31.6 Å². The van der Waals surface area contributed by atoms with E-state index in [0.717, 1.165) is 37.1 Å². The topological polar surface area (TPSA) is 66.5 Å². The number of nitrogens with zero attached hydrogens (tertiary/aromatic N) is 2. The van der Waals surface area contributed by atoms with Crippen LogP contribution in [-0.4, -0.2) is 42.0 Å². The van der Waals surface area contributed by atoms with E-state index in [4.69, 9.17) is 4.74 Å². The minimum absolute atomic E-state index is 0.0290. The van der Waals surface area contributed by atoms with Gasteiger partial charge in [0.15, 0.2) is 0 Å². The van der Waals surface area contributed by atoms with Gasteiger partial charge in [0.1, 0.15) is 24.0 Å². The number of amides is 1. The monoisotopic (exact) mass is 502 g/mol. The standard InChI is InChI=1S/C26H26F4N4O2/c1-34-11-3-4-21(34)16-36-22-13-18(26(28,29)30)12-20(14-22)33-25(35)23-5-2-10-31-24(23)32-15-17-6-8-19(27)9-7-17/h2,5-10,12-14,21H,3-4,11,15-16H2,1H3,(H,31,32)(H,33,35). The number of rotatable bonds is 8. The molecule has 0 saturated carbocycles. The number of halogens is 4. The van der Waals surface area contributed by atoms with Crippen molar-refractivity contribution in [3.8, 4) is 5.75 Å². The predicted octanol–water partition coefficient (Wildman–Crippen LogP) is 5.58. The third kappa shape index (κ3) is 6.51. The lowest BCUT2D eigenvalue weighted by atomic mass is 10.1. The molecule has 4 rings (SSSR count). The number of ether oxygens (including phenoxy) is 1. The van der Waals surface area contributed by atoms with Crippen LogP contribution in [-0.2, 0) is 12.7 Å². The average molecular weight is 503 g/mol. The van der Waals surface area contributed by atoms with E-state index in [1.807, 2.05) is 7.05 Å². The van der Waals surface area contributed by atoms with E-state index < -0.39 is 17.6 Å². The molecule has 1 atom stereocenters. The molecule has 2 heterocycles. The van der Waals surface area contributed by atoms with E-state index in [2.05, 4.69) is 20.5 Å². The molecule has 0 spiro atoms. The maximum atomic E-state index is 13.5. The Hall–Kier alpha value is -3.66. The molecule has 6 nitrogen and oxygen atoms in total. The van der Waals surface area contributed by atoms with Gasteiger partial charge in [0.25, 0.3) is 5.91 Å². The van der Waals surface area contributed by atoms with Gasteiger partial charge in [-0.25, -0.2) is 9.37 Å². The third-order valence-corrected chi connectivity index (χ3v) is 6.03. The summed E-state index contributed by atoms with van der Waals surface area (Å²) in [7, 11) is 1.95. The fourth-order valence-corrected chi connectivity index (χ4v) is 4.02. The molecule has 10 heteroatoms. The molecular formula is C26H26F4N4O2. The van der Waals surface area contributed by atoms with Crippen molar-refractivity contribution in [2.24, 2.45) is 0 Å². The Bertz CT molecular complexity index is 1200. The molecule has 1 aliphatic rings. The molecule has 36 heavy (non-hydrogen) atoms. The van der Waals surface area contributed by atoms with Gasteiger partial charge in [-0.1, -0.05) is 12.1 Å². The fourth-order valence-electron chi connectivity index (χ4n) is 4.02. The number of carbonyl (C=O) groups is 1. The van der Waals surface area contributed by atoms with Crippen LogP contribution in [0.3, 0.4) is 0 Å². The van der Waals surface area contributed by atoms with Gasteiger partial charge in [-0.15, -0.1) is 0 Å². The summed E-state index contributed by atoms with van der Waals surface area (Å²) in [5.74, 6) is -0.727. The quantitative estimate of drug-likeness (QED) is 0.394. The Morgan fingerprint density at radius 3 is 2.64 bits per heavy atom. The van der Waals surface area contributed by atoms with E-state index in [9.17, 15) is 22.4 Å². The molecule has 3 aromatic rings. The number of alkyl halides is 3. The van der Waals surface area contributed by atoms with Crippen molar-refractivity contribution >= 4 is 17.4 Å². The normalized spacial score (nSPS) is 16.1. The van der Waals surface area contributed by atoms with Gasteiger partial charge in [0, 0.05) is 30.5 Å². The Balaban J connectivity index is 1.50. The van der Waals surface area contributed by atoms with Gasteiger partial charge >= 0.3 is 6.18 Å². The lowest BCUT2D eigenvalue weighted by Gasteiger charge is -2.20. The fraction of sp³-hybridized carbons (Fsp3) is 0.308. The second kappa shape index (κ2) is 10.9. The summed E-state index contributed by atoms with van der Waals surface area (Å²) in [6.07, 6.45) is -1.20. The van der Waals surface area contributed by atoms with Crippen molar-refractivity contribution in [3.63, 3.8) is 0 Å². The number of aromatic nitrogens is 1. The SMILES string of the molecule is CN1CCCC1COc1cc(NC(=O)c2cccnc2NCc2ccc(F)cc2)cc(C(F)(F)F)c1. The lowest BCUT2D eigenvalue weighted by molar-refractivity contribution is -0.137. The Kier molecular flexibility index (Phi) is 7.73. The van der Waals surface area contributed by atoms with Crippen molar-refractivity contribution in [1.29, 1.82) is 0 Å². The van der Waals surface area contributed by atoms with Crippen LogP contribution < -0.4 is 15.4 Å². The first-order chi connectivity index (χ1) is 17.2. The van der Waals surface area contributed by atoms with E-state index >= 15 is 0 Å². The second-order valence-corrected chi connectivity index (χ2v) is 8.67. The zero-order chi connectivity index (χ0) is 25.7. The van der Waals surface area contributed by atoms with Gasteiger partial charge in [-0.05, 0) is 68.4 Å². The molecule has 0 bridgehead atoms. The molecule has 0 aliphatic carbocycles. The highest BCUT2D eigenvalue weighted by molar-refractivity contribution is 6.07. The second-order valence-electron chi connectivity index (χ2n) is 8.67. The Morgan fingerprint density at radius 1 is 1.17 bits per heavy atom. The number of benzene rings is 2. The van der Waals surface area contributed by atoms with Gasteiger partial charge in [0.2, 0.25) is 0 Å². The summed E-state index contributed by atoms with van der Waals surface area (Å²) in [6, 6.07) is 12.2. The first-order valence-corrected chi connectivity index (χ1v) is 11.5. The lowest BCUT2D eigenvalue weighted by Crippen LogP contribution is -2.30. The van der Waals surface area contributed by atoms with Crippen LogP contribution in [0.25, 0.3) is 0 Å². The van der Waals surface area contributed by atoms with E-state index in [-0.39, 0.29) is 47.8 Å². The zero-order valence-corrected chi connectivity index (χ0v) is 19.6. The summed E-state index contributed by atoms with van der Waals surface area (Å²) < 4.78 is 59.5. The van der Waals surface area contributed by atoms with Gasteiger partial charge in [-0.3, -0.25) is 4.79 Å². The number of nitrogens with one attached hydrogen (secondary N) is 2. The smallest absolute Gasteiger partial charge is 0.416 e. The van der Waals surface area contributed by atoms with Crippen LogP contribution in [0.15, 0.2) is 60.8 Å². The summed E-state index contributed by atoms with van der Waals surface area (Å²) in [4.78, 5) is 19.3. The summed E-state index contributed by atoms with van der Waals surface area (Å²) in [5.41, 5.74) is -0.0538. The van der Waals surface area contributed by atoms with Crippen LogP contribution in [0.1, 0.15) is 34.3 Å². The minimum atomic E-state index is -4.61. The van der Waals surface area contributed by atoms with Crippen LogP contribution in [0.5, 0.6) is 5.75 Å². The number of pyridine rings is 1. The molecule has 2 aromatic carbocycles. The van der Waals surface area contributed by atoms with Gasteiger partial charge in [-0.2, -0.15) is 13.2 Å². The summed E-state index contributed by atoms with van der Waals surface area (Å²) >= 11 is 0. The van der Waals surface area contributed by atoms with Crippen LogP contribution in [0.2, 0.25) is 0 Å². The van der Waals surface area contributed by atoms with Gasteiger partial charge in [0.05, 0.1) is 11.1 Å². The number of hydrogen-bond donors (Lipinski definition) is 2. The van der Waals surface area contributed by atoms with Crippen molar-refractivity contribution in [3.05, 3.63) is 83.3 Å². The highest BCUT2D eigenvalue weighted by atomic mass is 19.4. The van der Waals surface area contributed by atoms with Crippen molar-refractivity contribution < 1.29 is 27.1 Å². The maximum absolute atomic E-state index is 13.5. The molecule has 2 N–H and O–H groups in total. The molecule has 1 amide bonds. The number of likely N-dealkylation sites (N-methyl/N-ethyl adjacent to an activating group) is 1. The molecule has 1 aliphatic heterocycles. The molecule has 0 radical (unpaired) electrons. The van der Waals surface area contributed by atoms with Crippen LogP contribution in [0, 0.1) is 5.82 Å². The predicted molar refractivity (Wildman–Crippen MR) is 129 cm³/mol. The molecule has 1 saturated heterocycles. The molecule has 1 fully saturated rings. The highest BCUT2D eigenvalue weighted by Crippen LogP contribution is 2.34. The van der Waals surface area contributed by atoms with E-state index in [1.54, 1.807) is 18.2 Å². The first-order valence-electron chi connectivity index (χ1n) is 11.5. The largest absolute Gasteiger partial charge is 0.492 e. The number of hydrogen-bond acceptors (Lipinski definition) is 5. The number of likely N-dealkylation sites (tertiary alicyclic amines) is 1. The molecule has 190 valence electrons. The zero-order valence-electron chi connectivity index (χ0n) is 19.6. The van der Waals surface area contributed by atoms with Crippen LogP contribution >= 0.6 is 0 Å². The van der Waals surface area contributed by atoms with Crippen molar-refractivity contribution in [1.82, 2.24) is 9.88 Å². The maximum Gasteiger partial charge on any atom is 0.416 e. The van der Waals surface area contributed by atoms with E-state index in [1.165, 1.54) is 30.5 Å². The summed E-state index contributed by atoms with van der Waals surface area (Å²) in [6.45, 7) is 1.44. The molecule has 1 aromatic heterocycles. The molecule has 1 unspecified atom stereocenters. The third-order valence-electron chi connectivity index (χ3n) is 6.03. The van der Waals surface area contributed by atoms with Crippen LogP contribution in [0.4, 0.5) is 29.1 Å². The van der Waals surface area contributed by atoms with Crippen molar-refractivity contribution in [2.75, 3.05) is 30.8 Å². The highest BCUT2D eigenvalue weighted by Gasteiger charge is 2.32. The number of carbonyl (C=O) groups excluding carboxylic acids is 1. The minimum Gasteiger partial charge on any atom is -0.492 e.